The van der Waals surface area contributed by atoms with E-state index in [9.17, 15) is 4.79 Å². The van der Waals surface area contributed by atoms with E-state index in [1.54, 1.807) is 12.0 Å². The van der Waals surface area contributed by atoms with E-state index in [0.717, 1.165) is 59.9 Å². The number of ether oxygens (including phenoxy) is 3. The van der Waals surface area contributed by atoms with Crippen LogP contribution in [0.3, 0.4) is 0 Å². The van der Waals surface area contributed by atoms with Crippen LogP contribution in [0.2, 0.25) is 0 Å². The van der Waals surface area contributed by atoms with E-state index >= 15 is 0 Å². The lowest BCUT2D eigenvalue weighted by Crippen LogP contribution is -2.44. The number of morpholine rings is 1. The maximum atomic E-state index is 13.3. The Morgan fingerprint density at radius 1 is 1.12 bits per heavy atom. The van der Waals surface area contributed by atoms with E-state index in [-0.39, 0.29) is 12.5 Å². The summed E-state index contributed by atoms with van der Waals surface area (Å²) in [5.74, 6) is 1.32. The molecule has 0 radical (unpaired) electrons. The molecule has 32 heavy (non-hydrogen) atoms. The molecule has 1 fully saturated rings. The van der Waals surface area contributed by atoms with E-state index in [1.165, 1.54) is 11.3 Å². The number of nitrogens with zero attached hydrogens (tertiary/aromatic N) is 3. The highest BCUT2D eigenvalue weighted by Crippen LogP contribution is 2.36. The first-order valence-corrected chi connectivity index (χ1v) is 11.6. The van der Waals surface area contributed by atoms with Crippen LogP contribution in [-0.2, 0) is 9.53 Å². The molecule has 1 aromatic heterocycles. The van der Waals surface area contributed by atoms with Gasteiger partial charge >= 0.3 is 0 Å². The Bertz CT molecular complexity index is 1080. The molecule has 7 nitrogen and oxygen atoms in total. The van der Waals surface area contributed by atoms with Crippen LogP contribution < -0.4 is 14.4 Å². The molecule has 0 saturated carbocycles. The molecule has 170 valence electrons. The number of thiazole rings is 1. The van der Waals surface area contributed by atoms with Gasteiger partial charge in [-0.3, -0.25) is 14.6 Å². The molecule has 1 aliphatic heterocycles. The Hall–Kier alpha value is -2.68. The Kier molecular flexibility index (Phi) is 7.24. The van der Waals surface area contributed by atoms with Gasteiger partial charge < -0.3 is 14.2 Å². The van der Waals surface area contributed by atoms with Gasteiger partial charge in [0.1, 0.15) is 17.0 Å². The highest BCUT2D eigenvalue weighted by Gasteiger charge is 2.23. The Balaban J connectivity index is 1.58. The van der Waals surface area contributed by atoms with Crippen LogP contribution in [-0.4, -0.2) is 68.9 Å². The van der Waals surface area contributed by atoms with Gasteiger partial charge in [-0.2, -0.15) is 0 Å². The second-order valence-electron chi connectivity index (χ2n) is 7.81. The molecule has 2 aromatic carbocycles. The fraction of sp³-hybridized carbons (Fsp3) is 0.417. The Morgan fingerprint density at radius 3 is 2.66 bits per heavy atom. The largest absolute Gasteiger partial charge is 0.494 e. The molecule has 4 rings (SSSR count). The Morgan fingerprint density at radius 2 is 1.91 bits per heavy atom. The zero-order chi connectivity index (χ0) is 22.5. The number of hydrogen-bond acceptors (Lipinski definition) is 7. The van der Waals surface area contributed by atoms with Crippen molar-refractivity contribution in [3.8, 4) is 11.5 Å². The molecule has 0 spiro atoms. The van der Waals surface area contributed by atoms with Gasteiger partial charge in [-0.15, -0.1) is 0 Å². The minimum atomic E-state index is -0.114. The van der Waals surface area contributed by atoms with Gasteiger partial charge in [-0.25, -0.2) is 4.98 Å². The highest BCUT2D eigenvalue weighted by atomic mass is 32.1. The first-order valence-electron chi connectivity index (χ1n) is 10.8. The van der Waals surface area contributed by atoms with Crippen molar-refractivity contribution >= 4 is 32.6 Å². The summed E-state index contributed by atoms with van der Waals surface area (Å²) in [5, 5.41) is 0.666. The number of para-hydroxylation sites is 1. The van der Waals surface area contributed by atoms with Crippen molar-refractivity contribution in [2.24, 2.45) is 0 Å². The number of benzene rings is 2. The van der Waals surface area contributed by atoms with Crippen molar-refractivity contribution < 1.29 is 19.0 Å². The number of rotatable bonds is 8. The molecule has 1 saturated heterocycles. The second-order valence-corrected chi connectivity index (χ2v) is 8.79. The lowest BCUT2D eigenvalue weighted by Gasteiger charge is -2.29. The number of aromatic nitrogens is 1. The second kappa shape index (κ2) is 10.3. The monoisotopic (exact) mass is 455 g/mol. The number of aryl methyl sites for hydroxylation is 2. The minimum absolute atomic E-state index is 0.0417. The summed E-state index contributed by atoms with van der Waals surface area (Å²) in [4.78, 5) is 22.2. The topological polar surface area (TPSA) is 64.1 Å². The van der Waals surface area contributed by atoms with Crippen molar-refractivity contribution in [1.82, 2.24) is 9.88 Å². The first-order chi connectivity index (χ1) is 15.6. The fourth-order valence-corrected chi connectivity index (χ4v) is 4.80. The summed E-state index contributed by atoms with van der Waals surface area (Å²) in [6.07, 6.45) is 0. The zero-order valence-electron chi connectivity index (χ0n) is 18.8. The van der Waals surface area contributed by atoms with Crippen molar-refractivity contribution in [3.63, 3.8) is 0 Å². The van der Waals surface area contributed by atoms with Crippen LogP contribution in [0.5, 0.6) is 11.5 Å². The van der Waals surface area contributed by atoms with Gasteiger partial charge in [0, 0.05) is 26.2 Å². The summed E-state index contributed by atoms with van der Waals surface area (Å²) < 4.78 is 17.8. The third-order valence-electron chi connectivity index (χ3n) is 5.63. The van der Waals surface area contributed by atoms with Crippen LogP contribution in [0.4, 0.5) is 5.13 Å². The van der Waals surface area contributed by atoms with Crippen LogP contribution in [0.1, 0.15) is 11.1 Å². The van der Waals surface area contributed by atoms with Gasteiger partial charge in [0.05, 0.1) is 25.0 Å². The Labute approximate surface area is 192 Å². The highest BCUT2D eigenvalue weighted by molar-refractivity contribution is 7.22. The standard InChI is InChI=1S/C24H29N3O4S/c1-17-6-4-5-7-19(17)31-16-21(28)27(11-10-26-12-14-30-15-13-26)24-25-22-20(29-3)9-8-18(2)23(22)32-24/h4-9H,10-16H2,1-3H3. The summed E-state index contributed by atoms with van der Waals surface area (Å²) in [6, 6.07) is 11.7. The molecule has 8 heteroatoms. The third kappa shape index (κ3) is 5.03. The molecule has 0 atom stereocenters. The number of fused-ring (bicyclic) bond motifs is 1. The average Bonchev–Trinajstić information content (AvgIpc) is 3.26. The lowest BCUT2D eigenvalue weighted by molar-refractivity contribution is -0.120. The summed E-state index contributed by atoms with van der Waals surface area (Å²) in [6.45, 7) is 8.46. The average molecular weight is 456 g/mol. The molecule has 1 aliphatic rings. The SMILES string of the molecule is COc1ccc(C)c2sc(N(CCN3CCOCC3)C(=O)COc3ccccc3C)nc12. The molecule has 1 amide bonds. The third-order valence-corrected chi connectivity index (χ3v) is 6.85. The van der Waals surface area contributed by atoms with Crippen molar-refractivity contribution in [2.75, 3.05) is 58.0 Å². The van der Waals surface area contributed by atoms with Crippen molar-refractivity contribution in [3.05, 3.63) is 47.5 Å². The van der Waals surface area contributed by atoms with E-state index in [2.05, 4.69) is 4.90 Å². The maximum absolute atomic E-state index is 13.3. The van der Waals surface area contributed by atoms with Gasteiger partial charge in [0.25, 0.3) is 5.91 Å². The molecule has 0 bridgehead atoms. The zero-order valence-corrected chi connectivity index (χ0v) is 19.6. The van der Waals surface area contributed by atoms with Crippen LogP contribution in [0, 0.1) is 13.8 Å². The molecule has 0 aliphatic carbocycles. The van der Waals surface area contributed by atoms with Crippen molar-refractivity contribution in [1.29, 1.82) is 0 Å². The number of amides is 1. The number of carbonyl (C=O) groups is 1. The molecule has 0 unspecified atom stereocenters. The summed E-state index contributed by atoms with van der Waals surface area (Å²) in [7, 11) is 1.64. The lowest BCUT2D eigenvalue weighted by atomic mass is 10.2. The first kappa shape index (κ1) is 22.5. The van der Waals surface area contributed by atoms with Gasteiger partial charge in [0.2, 0.25) is 0 Å². The van der Waals surface area contributed by atoms with Crippen LogP contribution in [0.25, 0.3) is 10.2 Å². The van der Waals surface area contributed by atoms with Gasteiger partial charge in [-0.05, 0) is 37.1 Å². The normalized spacial score (nSPS) is 14.5. The predicted molar refractivity (Wildman–Crippen MR) is 127 cm³/mol. The van der Waals surface area contributed by atoms with Crippen molar-refractivity contribution in [2.45, 2.75) is 13.8 Å². The van der Waals surface area contributed by atoms with E-state index in [1.807, 2.05) is 50.2 Å². The minimum Gasteiger partial charge on any atom is -0.494 e. The molecule has 0 N–H and O–H groups in total. The number of methoxy groups -OCH3 is 1. The fourth-order valence-electron chi connectivity index (χ4n) is 3.71. The van der Waals surface area contributed by atoms with E-state index < -0.39 is 0 Å². The van der Waals surface area contributed by atoms with E-state index in [0.29, 0.717) is 17.4 Å². The maximum Gasteiger partial charge on any atom is 0.266 e. The van der Waals surface area contributed by atoms with Gasteiger partial charge in [-0.1, -0.05) is 35.6 Å². The number of carbonyl (C=O) groups excluding carboxylic acids is 1. The molecular formula is C24H29N3O4S. The summed E-state index contributed by atoms with van der Waals surface area (Å²) >= 11 is 1.52. The smallest absolute Gasteiger partial charge is 0.266 e. The van der Waals surface area contributed by atoms with Gasteiger partial charge in [0.15, 0.2) is 11.7 Å². The van der Waals surface area contributed by atoms with E-state index in [4.69, 9.17) is 19.2 Å². The molecule has 3 aromatic rings. The molecular weight excluding hydrogens is 426 g/mol. The quantitative estimate of drug-likeness (QED) is 0.517. The van der Waals surface area contributed by atoms with Crippen LogP contribution >= 0.6 is 11.3 Å². The molecule has 2 heterocycles. The summed E-state index contributed by atoms with van der Waals surface area (Å²) in [5.41, 5.74) is 2.90. The number of hydrogen-bond donors (Lipinski definition) is 0. The predicted octanol–water partition coefficient (Wildman–Crippen LogP) is 3.67. The number of anilines is 1. The van der Waals surface area contributed by atoms with Crippen LogP contribution in [0.15, 0.2) is 36.4 Å².